The normalized spacial score (nSPS) is 12.8. The fourth-order valence-corrected chi connectivity index (χ4v) is 3.08. The fraction of sp³-hybridized carbons (Fsp3) is 0.500. The minimum Gasteiger partial charge on any atom is -0.491 e. The van der Waals surface area contributed by atoms with E-state index in [1.54, 1.807) is 0 Å². The van der Waals surface area contributed by atoms with E-state index in [4.69, 9.17) is 4.74 Å². The summed E-state index contributed by atoms with van der Waals surface area (Å²) in [5.41, 5.74) is 4.90. The smallest absolute Gasteiger partial charge is 0.122 e. The lowest BCUT2D eigenvalue weighted by Gasteiger charge is -2.26. The molecule has 3 N–H and O–H groups in total. The zero-order valence-electron chi connectivity index (χ0n) is 17.5. The highest BCUT2D eigenvalue weighted by atomic mass is 16.5. The maximum atomic E-state index is 10.1. The Morgan fingerprint density at radius 2 is 1.50 bits per heavy atom. The molecular formula is C24H34O4. The Balaban J connectivity index is 1.89. The van der Waals surface area contributed by atoms with Crippen molar-refractivity contribution in [3.8, 4) is 5.75 Å². The van der Waals surface area contributed by atoms with Crippen molar-refractivity contribution in [1.29, 1.82) is 0 Å². The molecule has 2 rings (SSSR count). The van der Waals surface area contributed by atoms with Crippen LogP contribution in [0.2, 0.25) is 0 Å². The molecule has 1 unspecified atom stereocenters. The van der Waals surface area contributed by atoms with Crippen molar-refractivity contribution >= 4 is 0 Å². The fourth-order valence-electron chi connectivity index (χ4n) is 3.08. The SMILES string of the molecule is Cc1cc(CCCc2ccc(CO)c(CO)c2)ccc1OCC(O)C(C)(C)C. The van der Waals surface area contributed by atoms with E-state index < -0.39 is 6.10 Å². The van der Waals surface area contributed by atoms with Crippen molar-refractivity contribution in [2.45, 2.75) is 66.3 Å². The van der Waals surface area contributed by atoms with Crippen LogP contribution >= 0.6 is 0 Å². The number of aryl methyl sites for hydroxylation is 3. The van der Waals surface area contributed by atoms with Crippen molar-refractivity contribution in [3.05, 3.63) is 64.2 Å². The highest BCUT2D eigenvalue weighted by Gasteiger charge is 2.22. The third-order valence-electron chi connectivity index (χ3n) is 5.18. The molecule has 28 heavy (non-hydrogen) atoms. The van der Waals surface area contributed by atoms with Crippen molar-refractivity contribution in [3.63, 3.8) is 0 Å². The van der Waals surface area contributed by atoms with E-state index in [9.17, 15) is 15.3 Å². The Morgan fingerprint density at radius 1 is 0.893 bits per heavy atom. The number of ether oxygens (including phenoxy) is 1. The molecule has 0 aromatic heterocycles. The Morgan fingerprint density at radius 3 is 2.07 bits per heavy atom. The Bertz CT molecular complexity index is 762. The first-order valence-corrected chi connectivity index (χ1v) is 9.97. The standard InChI is InChI=1S/C24H34O4/c1-17-12-18(9-11-22(17)28-16-23(27)24(2,3)4)6-5-7-19-8-10-20(14-25)21(13-19)15-26/h8-13,23,25-27H,5-7,14-16H2,1-4H3. The Labute approximate surface area is 168 Å². The first-order valence-electron chi connectivity index (χ1n) is 9.97. The van der Waals surface area contributed by atoms with Crippen LogP contribution in [-0.4, -0.2) is 28.0 Å². The summed E-state index contributed by atoms with van der Waals surface area (Å²) in [5, 5.41) is 28.8. The second-order valence-corrected chi connectivity index (χ2v) is 8.57. The van der Waals surface area contributed by atoms with Gasteiger partial charge in [-0.2, -0.15) is 0 Å². The van der Waals surface area contributed by atoms with E-state index in [-0.39, 0.29) is 18.6 Å². The highest BCUT2D eigenvalue weighted by Crippen LogP contribution is 2.24. The lowest BCUT2D eigenvalue weighted by molar-refractivity contribution is 0.0216. The van der Waals surface area contributed by atoms with E-state index in [0.717, 1.165) is 41.7 Å². The summed E-state index contributed by atoms with van der Waals surface area (Å²) in [5.74, 6) is 0.819. The second-order valence-electron chi connectivity index (χ2n) is 8.57. The molecule has 154 valence electrons. The molecule has 2 aromatic rings. The number of hydrogen-bond donors (Lipinski definition) is 3. The molecule has 0 aliphatic carbocycles. The maximum Gasteiger partial charge on any atom is 0.122 e. The van der Waals surface area contributed by atoms with Gasteiger partial charge in [0.15, 0.2) is 0 Å². The summed E-state index contributed by atoms with van der Waals surface area (Å²) in [7, 11) is 0. The van der Waals surface area contributed by atoms with Crippen LogP contribution in [-0.2, 0) is 26.1 Å². The molecule has 0 saturated heterocycles. The van der Waals surface area contributed by atoms with Gasteiger partial charge in [-0.1, -0.05) is 51.1 Å². The van der Waals surface area contributed by atoms with Gasteiger partial charge in [0, 0.05) is 0 Å². The van der Waals surface area contributed by atoms with Crippen LogP contribution in [0.3, 0.4) is 0 Å². The van der Waals surface area contributed by atoms with Crippen LogP contribution in [0, 0.1) is 12.3 Å². The molecule has 0 spiro atoms. The quantitative estimate of drug-likeness (QED) is 0.610. The zero-order chi connectivity index (χ0) is 20.7. The van der Waals surface area contributed by atoms with E-state index in [2.05, 4.69) is 12.1 Å². The topological polar surface area (TPSA) is 69.9 Å². The Hall–Kier alpha value is -1.88. The molecule has 0 heterocycles. The van der Waals surface area contributed by atoms with E-state index in [1.165, 1.54) is 11.1 Å². The summed E-state index contributed by atoms with van der Waals surface area (Å²) in [6, 6.07) is 12.1. The molecule has 0 aliphatic heterocycles. The molecule has 0 radical (unpaired) electrons. The second kappa shape index (κ2) is 10.1. The van der Waals surface area contributed by atoms with Crippen molar-refractivity contribution in [1.82, 2.24) is 0 Å². The van der Waals surface area contributed by atoms with Gasteiger partial charge < -0.3 is 20.1 Å². The third kappa shape index (κ3) is 6.33. The molecule has 0 amide bonds. The van der Waals surface area contributed by atoms with Crippen LogP contribution in [0.1, 0.15) is 55.0 Å². The molecule has 0 aliphatic rings. The van der Waals surface area contributed by atoms with Crippen LogP contribution < -0.4 is 4.74 Å². The van der Waals surface area contributed by atoms with Gasteiger partial charge in [-0.3, -0.25) is 0 Å². The van der Waals surface area contributed by atoms with Crippen molar-refractivity contribution in [2.75, 3.05) is 6.61 Å². The largest absolute Gasteiger partial charge is 0.491 e. The maximum absolute atomic E-state index is 10.1. The summed E-state index contributed by atoms with van der Waals surface area (Å²) in [6.45, 7) is 8.22. The molecule has 4 heteroatoms. The molecule has 0 saturated carbocycles. The average Bonchev–Trinajstić information content (AvgIpc) is 2.66. The van der Waals surface area contributed by atoms with Gasteiger partial charge in [0.05, 0.1) is 19.3 Å². The molecule has 0 bridgehead atoms. The number of benzene rings is 2. The lowest BCUT2D eigenvalue weighted by Crippen LogP contribution is -2.32. The third-order valence-corrected chi connectivity index (χ3v) is 5.18. The highest BCUT2D eigenvalue weighted by molar-refractivity contribution is 5.36. The number of hydrogen-bond acceptors (Lipinski definition) is 4. The first-order chi connectivity index (χ1) is 13.2. The zero-order valence-corrected chi connectivity index (χ0v) is 17.5. The number of rotatable bonds is 9. The van der Waals surface area contributed by atoms with Gasteiger partial charge in [0.1, 0.15) is 12.4 Å². The van der Waals surface area contributed by atoms with Gasteiger partial charge in [-0.05, 0) is 65.5 Å². The van der Waals surface area contributed by atoms with Crippen LogP contribution in [0.5, 0.6) is 5.75 Å². The summed E-state index contributed by atoms with van der Waals surface area (Å²) in [6.07, 6.45) is 2.38. The summed E-state index contributed by atoms with van der Waals surface area (Å²) in [4.78, 5) is 0. The van der Waals surface area contributed by atoms with Crippen LogP contribution in [0.25, 0.3) is 0 Å². The minimum atomic E-state index is -0.507. The number of aliphatic hydroxyl groups excluding tert-OH is 3. The van der Waals surface area contributed by atoms with Gasteiger partial charge >= 0.3 is 0 Å². The van der Waals surface area contributed by atoms with Crippen LogP contribution in [0.15, 0.2) is 36.4 Å². The van der Waals surface area contributed by atoms with Gasteiger partial charge in [0.25, 0.3) is 0 Å². The molecule has 2 aromatic carbocycles. The van der Waals surface area contributed by atoms with E-state index in [0.29, 0.717) is 6.61 Å². The van der Waals surface area contributed by atoms with Crippen molar-refractivity contribution in [2.24, 2.45) is 5.41 Å². The lowest BCUT2D eigenvalue weighted by atomic mass is 9.90. The van der Waals surface area contributed by atoms with E-state index in [1.807, 2.05) is 52.0 Å². The number of aliphatic hydroxyl groups is 3. The molecule has 1 atom stereocenters. The van der Waals surface area contributed by atoms with Crippen molar-refractivity contribution < 1.29 is 20.1 Å². The summed E-state index contributed by atoms with van der Waals surface area (Å²) < 4.78 is 5.81. The average molecular weight is 387 g/mol. The monoisotopic (exact) mass is 386 g/mol. The van der Waals surface area contributed by atoms with Gasteiger partial charge in [-0.15, -0.1) is 0 Å². The minimum absolute atomic E-state index is 0.0450. The predicted molar refractivity (Wildman–Crippen MR) is 112 cm³/mol. The predicted octanol–water partition coefficient (Wildman–Crippen LogP) is 3.94. The molecule has 0 fully saturated rings. The molecule has 4 nitrogen and oxygen atoms in total. The summed E-state index contributed by atoms with van der Waals surface area (Å²) >= 11 is 0. The molecular weight excluding hydrogens is 352 g/mol. The van der Waals surface area contributed by atoms with Crippen LogP contribution in [0.4, 0.5) is 0 Å². The first kappa shape index (κ1) is 22.4. The van der Waals surface area contributed by atoms with Gasteiger partial charge in [0.2, 0.25) is 0 Å². The van der Waals surface area contributed by atoms with E-state index >= 15 is 0 Å². The Kier molecular flexibility index (Phi) is 8.05. The van der Waals surface area contributed by atoms with Gasteiger partial charge in [-0.25, -0.2) is 0 Å².